The van der Waals surface area contributed by atoms with Crippen LogP contribution in [0.2, 0.25) is 0 Å². The van der Waals surface area contributed by atoms with E-state index < -0.39 is 6.23 Å². The van der Waals surface area contributed by atoms with E-state index in [1.165, 1.54) is 17.1 Å². The standard InChI is InChI=1S/C15H27NO3/c1-6-14(2,3)10-19-11-15(4,5)9-16-12(17)7-8-13(16)18/h7-8,12,17H,6,9-11H2,1-5H3. The first-order valence-corrected chi connectivity index (χ1v) is 6.91. The lowest BCUT2D eigenvalue weighted by Gasteiger charge is -2.33. The van der Waals surface area contributed by atoms with Gasteiger partial charge in [-0.15, -0.1) is 0 Å². The van der Waals surface area contributed by atoms with Gasteiger partial charge in [-0.25, -0.2) is 0 Å². The Balaban J connectivity index is 2.42. The fraction of sp³-hybridized carbons (Fsp3) is 0.800. The molecule has 1 N–H and O–H groups in total. The average Bonchev–Trinajstić information content (AvgIpc) is 2.60. The van der Waals surface area contributed by atoms with Crippen molar-refractivity contribution in [1.29, 1.82) is 0 Å². The number of hydrogen-bond acceptors (Lipinski definition) is 3. The Morgan fingerprint density at radius 3 is 2.32 bits per heavy atom. The molecule has 1 unspecified atom stereocenters. The van der Waals surface area contributed by atoms with Crippen molar-refractivity contribution < 1.29 is 14.6 Å². The SMILES string of the molecule is CCC(C)(C)COCC(C)(C)CN1C(=O)C=CC1O. The van der Waals surface area contributed by atoms with E-state index in [0.29, 0.717) is 19.8 Å². The highest BCUT2D eigenvalue weighted by molar-refractivity contribution is 5.90. The van der Waals surface area contributed by atoms with E-state index >= 15 is 0 Å². The summed E-state index contributed by atoms with van der Waals surface area (Å²) in [5, 5.41) is 9.69. The molecule has 0 aromatic rings. The Labute approximate surface area is 116 Å². The number of rotatable bonds is 7. The van der Waals surface area contributed by atoms with Gasteiger partial charge in [0.2, 0.25) is 5.91 Å². The van der Waals surface area contributed by atoms with Crippen molar-refractivity contribution >= 4 is 5.91 Å². The van der Waals surface area contributed by atoms with E-state index in [1.54, 1.807) is 0 Å². The molecule has 4 nitrogen and oxygen atoms in total. The zero-order chi connectivity index (χ0) is 14.7. The summed E-state index contributed by atoms with van der Waals surface area (Å²) in [5.41, 5.74) is 0.00704. The van der Waals surface area contributed by atoms with Gasteiger partial charge in [0.15, 0.2) is 0 Å². The molecule has 0 aromatic carbocycles. The zero-order valence-electron chi connectivity index (χ0n) is 12.8. The molecule has 110 valence electrons. The van der Waals surface area contributed by atoms with Crippen LogP contribution in [0.5, 0.6) is 0 Å². The molecule has 0 radical (unpaired) electrons. The highest BCUT2D eigenvalue weighted by Crippen LogP contribution is 2.24. The molecule has 19 heavy (non-hydrogen) atoms. The minimum atomic E-state index is -0.793. The molecule has 1 atom stereocenters. The maximum Gasteiger partial charge on any atom is 0.248 e. The van der Waals surface area contributed by atoms with Gasteiger partial charge in [-0.2, -0.15) is 0 Å². The smallest absolute Gasteiger partial charge is 0.248 e. The fourth-order valence-electron chi connectivity index (χ4n) is 1.88. The molecule has 0 saturated carbocycles. The van der Waals surface area contributed by atoms with Crippen LogP contribution in [0.4, 0.5) is 0 Å². The Morgan fingerprint density at radius 2 is 1.84 bits per heavy atom. The zero-order valence-corrected chi connectivity index (χ0v) is 12.8. The Kier molecular flexibility index (Phi) is 5.16. The normalized spacial score (nSPS) is 20.4. The molecule has 1 heterocycles. The topological polar surface area (TPSA) is 49.8 Å². The van der Waals surface area contributed by atoms with Gasteiger partial charge in [0, 0.05) is 18.0 Å². The van der Waals surface area contributed by atoms with E-state index in [0.717, 1.165) is 6.42 Å². The van der Waals surface area contributed by atoms with Crippen LogP contribution in [0.1, 0.15) is 41.0 Å². The van der Waals surface area contributed by atoms with Crippen LogP contribution < -0.4 is 0 Å². The molecule has 1 rings (SSSR count). The van der Waals surface area contributed by atoms with Crippen molar-refractivity contribution in [1.82, 2.24) is 4.90 Å². The van der Waals surface area contributed by atoms with Crippen LogP contribution in [0.25, 0.3) is 0 Å². The molecular weight excluding hydrogens is 242 g/mol. The molecule has 1 amide bonds. The van der Waals surface area contributed by atoms with Crippen LogP contribution >= 0.6 is 0 Å². The highest BCUT2D eigenvalue weighted by Gasteiger charge is 2.31. The monoisotopic (exact) mass is 269 g/mol. The highest BCUT2D eigenvalue weighted by atomic mass is 16.5. The number of aliphatic hydroxyl groups is 1. The van der Waals surface area contributed by atoms with Crippen molar-refractivity contribution in [3.63, 3.8) is 0 Å². The minimum Gasteiger partial charge on any atom is -0.380 e. The number of hydrogen-bond donors (Lipinski definition) is 1. The first kappa shape index (κ1) is 16.2. The largest absolute Gasteiger partial charge is 0.380 e. The number of aliphatic hydroxyl groups excluding tert-OH is 1. The summed E-state index contributed by atoms with van der Waals surface area (Å²) in [5.74, 6) is -0.130. The lowest BCUT2D eigenvalue weighted by molar-refractivity contribution is -0.133. The summed E-state index contributed by atoms with van der Waals surface area (Å²) in [6.07, 6.45) is 3.21. The van der Waals surface area contributed by atoms with Crippen LogP contribution in [0.15, 0.2) is 12.2 Å². The van der Waals surface area contributed by atoms with Gasteiger partial charge >= 0.3 is 0 Å². The number of nitrogens with zero attached hydrogens (tertiary/aromatic N) is 1. The van der Waals surface area contributed by atoms with Crippen molar-refractivity contribution in [2.75, 3.05) is 19.8 Å². The number of ether oxygens (including phenoxy) is 1. The van der Waals surface area contributed by atoms with Crippen molar-refractivity contribution in [3.8, 4) is 0 Å². The molecule has 0 saturated heterocycles. The lowest BCUT2D eigenvalue weighted by atomic mass is 9.91. The third kappa shape index (κ3) is 4.96. The maximum absolute atomic E-state index is 11.6. The molecule has 0 spiro atoms. The summed E-state index contributed by atoms with van der Waals surface area (Å²) in [6.45, 7) is 12.4. The summed E-state index contributed by atoms with van der Waals surface area (Å²) >= 11 is 0. The Hall–Kier alpha value is -0.870. The van der Waals surface area contributed by atoms with Crippen LogP contribution in [-0.2, 0) is 9.53 Å². The van der Waals surface area contributed by atoms with Gasteiger partial charge in [-0.05, 0) is 17.9 Å². The van der Waals surface area contributed by atoms with Gasteiger partial charge in [-0.1, -0.05) is 34.6 Å². The molecule has 4 heteroatoms. The van der Waals surface area contributed by atoms with E-state index in [2.05, 4.69) is 20.8 Å². The summed E-state index contributed by atoms with van der Waals surface area (Å²) in [6, 6.07) is 0. The molecule has 1 aliphatic heterocycles. The van der Waals surface area contributed by atoms with Gasteiger partial charge in [0.25, 0.3) is 0 Å². The predicted molar refractivity (Wildman–Crippen MR) is 75.5 cm³/mol. The third-order valence-electron chi connectivity index (χ3n) is 3.55. The van der Waals surface area contributed by atoms with E-state index in [9.17, 15) is 9.90 Å². The first-order chi connectivity index (χ1) is 8.67. The lowest BCUT2D eigenvalue weighted by Crippen LogP contribution is -2.42. The molecule has 1 aliphatic rings. The second kappa shape index (κ2) is 6.06. The molecule has 0 aliphatic carbocycles. The van der Waals surface area contributed by atoms with Crippen molar-refractivity contribution in [2.24, 2.45) is 10.8 Å². The molecule has 0 fully saturated rings. The predicted octanol–water partition coefficient (Wildman–Crippen LogP) is 2.18. The van der Waals surface area contributed by atoms with Gasteiger partial charge in [0.1, 0.15) is 6.23 Å². The number of amides is 1. The maximum atomic E-state index is 11.6. The van der Waals surface area contributed by atoms with Crippen molar-refractivity contribution in [3.05, 3.63) is 12.2 Å². The van der Waals surface area contributed by atoms with Crippen LogP contribution in [0.3, 0.4) is 0 Å². The first-order valence-electron chi connectivity index (χ1n) is 6.91. The van der Waals surface area contributed by atoms with Gasteiger partial charge < -0.3 is 14.7 Å². The van der Waals surface area contributed by atoms with E-state index in [-0.39, 0.29) is 16.7 Å². The number of carbonyl (C=O) groups excluding carboxylic acids is 1. The summed E-state index contributed by atoms with van der Waals surface area (Å²) < 4.78 is 5.79. The quantitative estimate of drug-likeness (QED) is 0.770. The summed E-state index contributed by atoms with van der Waals surface area (Å²) in [7, 11) is 0. The minimum absolute atomic E-state index is 0.130. The van der Waals surface area contributed by atoms with Crippen LogP contribution in [0, 0.1) is 10.8 Å². The van der Waals surface area contributed by atoms with Crippen LogP contribution in [-0.4, -0.2) is 41.9 Å². The molecular formula is C15H27NO3. The Morgan fingerprint density at radius 1 is 1.26 bits per heavy atom. The summed E-state index contributed by atoms with van der Waals surface area (Å²) in [4.78, 5) is 13.0. The van der Waals surface area contributed by atoms with Crippen molar-refractivity contribution in [2.45, 2.75) is 47.3 Å². The Bertz CT molecular complexity index is 347. The molecule has 0 bridgehead atoms. The van der Waals surface area contributed by atoms with Gasteiger partial charge in [-0.3, -0.25) is 4.79 Å². The third-order valence-corrected chi connectivity index (χ3v) is 3.55. The second-order valence-corrected chi connectivity index (χ2v) is 6.91. The fourth-order valence-corrected chi connectivity index (χ4v) is 1.88. The number of carbonyl (C=O) groups is 1. The molecule has 0 aromatic heterocycles. The average molecular weight is 269 g/mol. The van der Waals surface area contributed by atoms with E-state index in [1.807, 2.05) is 13.8 Å². The van der Waals surface area contributed by atoms with E-state index in [4.69, 9.17) is 4.74 Å². The second-order valence-electron chi connectivity index (χ2n) is 6.91. The van der Waals surface area contributed by atoms with Gasteiger partial charge in [0.05, 0.1) is 13.2 Å².